The van der Waals surface area contributed by atoms with Crippen molar-refractivity contribution < 1.29 is 35.5 Å². The maximum Gasteiger partial charge on any atom is 0.459 e. The zero-order chi connectivity index (χ0) is 25.2. The van der Waals surface area contributed by atoms with Crippen LogP contribution in [0, 0.1) is 23.5 Å². The van der Waals surface area contributed by atoms with Gasteiger partial charge in [0.25, 0.3) is 5.83 Å². The molecule has 0 bridgehead atoms. The van der Waals surface area contributed by atoms with E-state index in [1.54, 1.807) is 12.1 Å². The molecule has 2 aromatic carbocycles. The molecule has 0 radical (unpaired) electrons. The van der Waals surface area contributed by atoms with E-state index in [2.05, 4.69) is 4.74 Å². The van der Waals surface area contributed by atoms with Crippen LogP contribution in [0.2, 0.25) is 0 Å². The van der Waals surface area contributed by atoms with Crippen LogP contribution in [0.25, 0.3) is 11.1 Å². The fourth-order valence-electron chi connectivity index (χ4n) is 5.58. The second kappa shape index (κ2) is 10.6. The SMILES string of the molecule is FC(F)=C(F)C(F)(F)Oc1c(F)cc(-c2ccc(C3CCC(C4CCCCC4)CC3)cc2)cc1F. The van der Waals surface area contributed by atoms with E-state index >= 15 is 0 Å². The van der Waals surface area contributed by atoms with Crippen molar-refractivity contribution in [1.29, 1.82) is 0 Å². The summed E-state index contributed by atoms with van der Waals surface area (Å²) in [6.07, 6.45) is 2.80. The Morgan fingerprint density at radius 1 is 0.714 bits per heavy atom. The van der Waals surface area contributed by atoms with Gasteiger partial charge in [0.05, 0.1) is 0 Å². The third-order valence-corrected chi connectivity index (χ3v) is 7.45. The molecule has 2 saturated carbocycles. The zero-order valence-corrected chi connectivity index (χ0v) is 19.1. The average Bonchev–Trinajstić information content (AvgIpc) is 2.86. The molecule has 0 saturated heterocycles. The van der Waals surface area contributed by atoms with Crippen molar-refractivity contribution in [2.75, 3.05) is 0 Å². The smallest absolute Gasteiger partial charge is 0.421 e. The van der Waals surface area contributed by atoms with E-state index in [0.717, 1.165) is 42.4 Å². The third-order valence-electron chi connectivity index (χ3n) is 7.45. The Kier molecular flexibility index (Phi) is 7.77. The van der Waals surface area contributed by atoms with Crippen LogP contribution in [0.1, 0.15) is 69.3 Å². The molecule has 0 heterocycles. The largest absolute Gasteiger partial charge is 0.459 e. The predicted octanol–water partition coefficient (Wildman–Crippen LogP) is 9.54. The summed E-state index contributed by atoms with van der Waals surface area (Å²) in [5.74, 6) is -5.88. The normalized spacial score (nSPS) is 21.6. The molecule has 0 unspecified atom stereocenters. The standard InChI is InChI=1S/C27H27F7O/c28-22-14-21(15-23(29)24(22)35-27(33,34)25(30)26(31)32)20-12-10-19(11-13-20)18-8-6-17(7-9-18)16-4-2-1-3-5-16/h10-18H,1-9H2. The highest BCUT2D eigenvalue weighted by Crippen LogP contribution is 2.43. The minimum absolute atomic E-state index is 0.0518. The quantitative estimate of drug-likeness (QED) is 0.359. The lowest BCUT2D eigenvalue weighted by molar-refractivity contribution is -0.162. The van der Waals surface area contributed by atoms with Crippen molar-refractivity contribution in [3.63, 3.8) is 0 Å². The summed E-state index contributed by atoms with van der Waals surface area (Å²) in [5, 5.41) is 0. The molecule has 0 atom stereocenters. The van der Waals surface area contributed by atoms with Crippen molar-refractivity contribution in [3.05, 3.63) is 65.5 Å². The van der Waals surface area contributed by atoms with Gasteiger partial charge < -0.3 is 4.74 Å². The molecule has 2 fully saturated rings. The molecule has 0 aliphatic heterocycles. The van der Waals surface area contributed by atoms with Crippen LogP contribution in [0.3, 0.4) is 0 Å². The second-order valence-corrected chi connectivity index (χ2v) is 9.59. The summed E-state index contributed by atoms with van der Waals surface area (Å²) in [4.78, 5) is 0. The van der Waals surface area contributed by atoms with Gasteiger partial charge in [-0.1, -0.05) is 56.4 Å². The number of benzene rings is 2. The Balaban J connectivity index is 1.43. The van der Waals surface area contributed by atoms with Crippen molar-refractivity contribution >= 4 is 0 Å². The fourth-order valence-corrected chi connectivity index (χ4v) is 5.58. The van der Waals surface area contributed by atoms with Gasteiger partial charge in [-0.25, -0.2) is 8.78 Å². The van der Waals surface area contributed by atoms with Gasteiger partial charge in [0.15, 0.2) is 17.4 Å². The van der Waals surface area contributed by atoms with E-state index in [1.807, 2.05) is 12.1 Å². The van der Waals surface area contributed by atoms with Gasteiger partial charge in [-0.05, 0) is 72.3 Å². The molecule has 0 amide bonds. The van der Waals surface area contributed by atoms with Crippen molar-refractivity contribution in [3.8, 4) is 16.9 Å². The Morgan fingerprint density at radius 2 is 1.26 bits per heavy atom. The number of hydrogen-bond donors (Lipinski definition) is 0. The fraction of sp³-hybridized carbons (Fsp3) is 0.481. The molecule has 35 heavy (non-hydrogen) atoms. The first-order valence-electron chi connectivity index (χ1n) is 12.0. The molecular formula is C27H27F7O. The lowest BCUT2D eigenvalue weighted by atomic mass is 9.70. The van der Waals surface area contributed by atoms with E-state index in [0.29, 0.717) is 11.5 Å². The van der Waals surface area contributed by atoms with Crippen LogP contribution in [-0.4, -0.2) is 6.11 Å². The predicted molar refractivity (Wildman–Crippen MR) is 119 cm³/mol. The number of halogens is 7. The molecule has 2 aromatic rings. The highest BCUT2D eigenvalue weighted by Gasteiger charge is 2.43. The van der Waals surface area contributed by atoms with Gasteiger partial charge in [0.1, 0.15) is 0 Å². The van der Waals surface area contributed by atoms with E-state index in [1.165, 1.54) is 44.9 Å². The van der Waals surface area contributed by atoms with Crippen LogP contribution < -0.4 is 4.74 Å². The summed E-state index contributed by atoms with van der Waals surface area (Å²) in [5.41, 5.74) is 1.64. The Bertz CT molecular complexity index is 1020. The molecule has 8 heteroatoms. The molecule has 0 spiro atoms. The number of hydrogen-bond acceptors (Lipinski definition) is 1. The maximum atomic E-state index is 14.3. The minimum Gasteiger partial charge on any atom is -0.421 e. The van der Waals surface area contributed by atoms with Crippen molar-refractivity contribution in [2.24, 2.45) is 11.8 Å². The van der Waals surface area contributed by atoms with Crippen molar-refractivity contribution in [1.82, 2.24) is 0 Å². The summed E-state index contributed by atoms with van der Waals surface area (Å²) in [7, 11) is 0. The zero-order valence-electron chi connectivity index (χ0n) is 19.1. The minimum atomic E-state index is -5.21. The third kappa shape index (κ3) is 5.84. The first kappa shape index (κ1) is 25.6. The molecule has 0 N–H and O–H groups in total. The monoisotopic (exact) mass is 500 g/mol. The summed E-state index contributed by atoms with van der Waals surface area (Å²) < 4.78 is 96.3. The number of rotatable bonds is 6. The highest BCUT2D eigenvalue weighted by atomic mass is 19.3. The first-order chi connectivity index (χ1) is 16.7. The Morgan fingerprint density at radius 3 is 1.80 bits per heavy atom. The maximum absolute atomic E-state index is 14.3. The Labute approximate surface area is 200 Å². The molecule has 2 aliphatic rings. The lowest BCUT2D eigenvalue weighted by Gasteiger charge is -2.36. The van der Waals surface area contributed by atoms with Crippen LogP contribution in [0.15, 0.2) is 48.3 Å². The van der Waals surface area contributed by atoms with Crippen LogP contribution in [0.5, 0.6) is 5.75 Å². The highest BCUT2D eigenvalue weighted by molar-refractivity contribution is 5.65. The van der Waals surface area contributed by atoms with E-state index in [-0.39, 0.29) is 5.56 Å². The summed E-state index contributed by atoms with van der Waals surface area (Å²) in [6.45, 7) is 0. The van der Waals surface area contributed by atoms with E-state index in [9.17, 15) is 30.7 Å². The van der Waals surface area contributed by atoms with E-state index < -0.39 is 35.4 Å². The molecule has 0 aromatic heterocycles. The Hall–Kier alpha value is -2.51. The number of ether oxygens (including phenoxy) is 1. The van der Waals surface area contributed by atoms with Gasteiger partial charge >= 0.3 is 12.2 Å². The van der Waals surface area contributed by atoms with Gasteiger partial charge in [0.2, 0.25) is 0 Å². The van der Waals surface area contributed by atoms with Gasteiger partial charge in [-0.2, -0.15) is 22.0 Å². The molecule has 2 aliphatic carbocycles. The number of alkyl halides is 2. The average molecular weight is 500 g/mol. The molecule has 1 nitrogen and oxygen atoms in total. The van der Waals surface area contributed by atoms with E-state index in [4.69, 9.17) is 0 Å². The van der Waals surface area contributed by atoms with Crippen LogP contribution in [0.4, 0.5) is 30.7 Å². The molecular weight excluding hydrogens is 473 g/mol. The summed E-state index contributed by atoms with van der Waals surface area (Å²) in [6, 6.07) is 8.69. The van der Waals surface area contributed by atoms with Crippen LogP contribution in [-0.2, 0) is 0 Å². The lowest BCUT2D eigenvalue weighted by Crippen LogP contribution is -2.27. The summed E-state index contributed by atoms with van der Waals surface area (Å²) >= 11 is 0. The molecule has 4 rings (SSSR count). The topological polar surface area (TPSA) is 9.23 Å². The van der Waals surface area contributed by atoms with Gasteiger partial charge in [-0.3, -0.25) is 0 Å². The second-order valence-electron chi connectivity index (χ2n) is 9.59. The van der Waals surface area contributed by atoms with Gasteiger partial charge in [0, 0.05) is 0 Å². The van der Waals surface area contributed by atoms with Crippen LogP contribution >= 0.6 is 0 Å². The van der Waals surface area contributed by atoms with Gasteiger partial charge in [-0.15, -0.1) is 0 Å². The first-order valence-corrected chi connectivity index (χ1v) is 12.0. The molecule has 190 valence electrons. The van der Waals surface area contributed by atoms with Crippen molar-refractivity contribution in [2.45, 2.75) is 69.8 Å².